The summed E-state index contributed by atoms with van der Waals surface area (Å²) in [6, 6.07) is 6.76. The maximum atomic E-state index is 12.1. The molecule has 0 saturated heterocycles. The van der Waals surface area contributed by atoms with Crippen LogP contribution in [0.3, 0.4) is 0 Å². The first kappa shape index (κ1) is 12.6. The molecule has 0 aliphatic carbocycles. The summed E-state index contributed by atoms with van der Waals surface area (Å²) in [5, 5.41) is 15.7. The van der Waals surface area contributed by atoms with Crippen LogP contribution in [-0.4, -0.2) is 15.7 Å². The summed E-state index contributed by atoms with van der Waals surface area (Å²) in [6.07, 6.45) is 1.49. The maximum Gasteiger partial charge on any atom is 0.259 e. The molecule has 0 spiro atoms. The molecule has 0 saturated carbocycles. The molecule has 0 aliphatic heterocycles. The zero-order valence-corrected chi connectivity index (χ0v) is 10.6. The number of hydrogen-bond donors (Lipinski definition) is 2. The van der Waals surface area contributed by atoms with E-state index in [0.717, 1.165) is 5.69 Å². The van der Waals surface area contributed by atoms with Crippen molar-refractivity contribution in [2.75, 3.05) is 11.1 Å². The van der Waals surface area contributed by atoms with Gasteiger partial charge in [0, 0.05) is 18.4 Å². The van der Waals surface area contributed by atoms with Gasteiger partial charge in [0.25, 0.3) is 5.91 Å². The van der Waals surface area contributed by atoms with E-state index >= 15 is 0 Å². The van der Waals surface area contributed by atoms with Gasteiger partial charge in [0.15, 0.2) is 0 Å². The molecule has 6 heteroatoms. The van der Waals surface area contributed by atoms with Crippen molar-refractivity contribution in [1.29, 1.82) is 5.26 Å². The fourth-order valence-corrected chi connectivity index (χ4v) is 1.67. The van der Waals surface area contributed by atoms with Gasteiger partial charge in [-0.3, -0.25) is 9.48 Å². The Morgan fingerprint density at radius 3 is 2.84 bits per heavy atom. The maximum absolute atomic E-state index is 12.1. The quantitative estimate of drug-likeness (QED) is 0.793. The lowest BCUT2D eigenvalue weighted by molar-refractivity contribution is 0.102. The zero-order valence-electron chi connectivity index (χ0n) is 10.6. The monoisotopic (exact) mass is 255 g/mol. The molecule has 1 amide bonds. The summed E-state index contributed by atoms with van der Waals surface area (Å²) in [4.78, 5) is 12.1. The Hall–Kier alpha value is -2.81. The average Bonchev–Trinajstić information content (AvgIpc) is 2.72. The van der Waals surface area contributed by atoms with Crippen LogP contribution in [0.25, 0.3) is 0 Å². The number of benzene rings is 1. The van der Waals surface area contributed by atoms with Crippen LogP contribution in [0, 0.1) is 18.3 Å². The normalized spacial score (nSPS) is 9.95. The Balaban J connectivity index is 2.30. The molecule has 3 N–H and O–H groups in total. The molecular formula is C13H13N5O. The fraction of sp³-hybridized carbons (Fsp3) is 0.154. The van der Waals surface area contributed by atoms with Crippen molar-refractivity contribution in [3.8, 4) is 6.07 Å². The van der Waals surface area contributed by atoms with Gasteiger partial charge in [-0.1, -0.05) is 0 Å². The number of nitriles is 1. The molecule has 0 atom stereocenters. The molecule has 1 aromatic carbocycles. The summed E-state index contributed by atoms with van der Waals surface area (Å²) in [5.74, 6) is -0.299. The Bertz CT molecular complexity index is 681. The molecule has 6 nitrogen and oxygen atoms in total. The lowest BCUT2D eigenvalue weighted by Gasteiger charge is -2.07. The molecule has 19 heavy (non-hydrogen) atoms. The third-order valence-electron chi connectivity index (χ3n) is 2.89. The highest BCUT2D eigenvalue weighted by Crippen LogP contribution is 2.19. The van der Waals surface area contributed by atoms with Gasteiger partial charge in [0.05, 0.1) is 23.0 Å². The number of aryl methyl sites for hydroxylation is 1. The smallest absolute Gasteiger partial charge is 0.259 e. The third-order valence-corrected chi connectivity index (χ3v) is 2.89. The van der Waals surface area contributed by atoms with Crippen molar-refractivity contribution in [3.05, 3.63) is 41.2 Å². The first-order valence-electron chi connectivity index (χ1n) is 5.62. The first-order valence-corrected chi connectivity index (χ1v) is 5.62. The highest BCUT2D eigenvalue weighted by Gasteiger charge is 2.14. The average molecular weight is 255 g/mol. The second-order valence-corrected chi connectivity index (χ2v) is 4.14. The van der Waals surface area contributed by atoms with Crippen molar-refractivity contribution in [2.24, 2.45) is 7.05 Å². The van der Waals surface area contributed by atoms with E-state index < -0.39 is 0 Å². The molecule has 2 aromatic rings. The molecule has 0 radical (unpaired) electrons. The minimum Gasteiger partial charge on any atom is -0.399 e. The number of nitrogens with zero attached hydrogens (tertiary/aromatic N) is 3. The van der Waals surface area contributed by atoms with Gasteiger partial charge in [-0.15, -0.1) is 0 Å². The lowest BCUT2D eigenvalue weighted by Crippen LogP contribution is -2.14. The highest BCUT2D eigenvalue weighted by atomic mass is 16.1. The van der Waals surface area contributed by atoms with Crippen molar-refractivity contribution < 1.29 is 4.79 Å². The second kappa shape index (κ2) is 4.82. The van der Waals surface area contributed by atoms with E-state index in [-0.39, 0.29) is 5.91 Å². The largest absolute Gasteiger partial charge is 0.399 e. The Morgan fingerprint density at radius 1 is 1.53 bits per heavy atom. The standard InChI is InChI=1S/C13H13N5O/c1-8-11(7-16-18(8)2)13(19)17-12-4-3-10(15)5-9(12)6-14/h3-5,7H,15H2,1-2H3,(H,17,19). The number of nitrogen functional groups attached to an aromatic ring is 1. The Kier molecular flexibility index (Phi) is 3.21. The predicted octanol–water partition coefficient (Wildman–Crippen LogP) is 1.43. The molecular weight excluding hydrogens is 242 g/mol. The molecule has 2 rings (SSSR count). The number of nitrogens with two attached hydrogens (primary N) is 1. The predicted molar refractivity (Wildman–Crippen MR) is 71.5 cm³/mol. The SMILES string of the molecule is Cc1c(C(=O)Nc2ccc(N)cc2C#N)cnn1C. The van der Waals surface area contributed by atoms with Gasteiger partial charge in [-0.05, 0) is 25.1 Å². The summed E-state index contributed by atoms with van der Waals surface area (Å²) >= 11 is 0. The molecule has 96 valence electrons. The number of carbonyl (C=O) groups is 1. The van der Waals surface area contributed by atoms with Crippen LogP contribution in [0.1, 0.15) is 21.6 Å². The van der Waals surface area contributed by atoms with Crippen LogP contribution in [0.4, 0.5) is 11.4 Å². The topological polar surface area (TPSA) is 96.7 Å². The molecule has 1 heterocycles. The molecule has 0 bridgehead atoms. The van der Waals surface area contributed by atoms with Gasteiger partial charge in [-0.2, -0.15) is 10.4 Å². The number of aromatic nitrogens is 2. The minimum atomic E-state index is -0.299. The van der Waals surface area contributed by atoms with E-state index in [0.29, 0.717) is 22.5 Å². The lowest BCUT2D eigenvalue weighted by atomic mass is 10.1. The molecule has 0 fully saturated rings. The van der Waals surface area contributed by atoms with Crippen molar-refractivity contribution in [1.82, 2.24) is 9.78 Å². The number of rotatable bonds is 2. The van der Waals surface area contributed by atoms with Crippen LogP contribution < -0.4 is 11.1 Å². The number of nitrogens with one attached hydrogen (secondary N) is 1. The van der Waals surface area contributed by atoms with Gasteiger partial charge in [0.1, 0.15) is 6.07 Å². The van der Waals surface area contributed by atoms with E-state index in [1.807, 2.05) is 6.07 Å². The van der Waals surface area contributed by atoms with E-state index in [4.69, 9.17) is 11.0 Å². The summed E-state index contributed by atoms with van der Waals surface area (Å²) in [6.45, 7) is 1.80. The van der Waals surface area contributed by atoms with E-state index in [9.17, 15) is 4.79 Å². The van der Waals surface area contributed by atoms with Crippen LogP contribution in [-0.2, 0) is 7.05 Å². The number of hydrogen-bond acceptors (Lipinski definition) is 4. The molecule has 1 aromatic heterocycles. The molecule has 0 unspecified atom stereocenters. The third kappa shape index (κ3) is 2.40. The van der Waals surface area contributed by atoms with Crippen LogP contribution in [0.5, 0.6) is 0 Å². The summed E-state index contributed by atoms with van der Waals surface area (Å²) in [5.41, 5.74) is 8.07. The zero-order chi connectivity index (χ0) is 14.0. The number of anilines is 2. The van der Waals surface area contributed by atoms with Crippen LogP contribution in [0.2, 0.25) is 0 Å². The second-order valence-electron chi connectivity index (χ2n) is 4.14. The highest BCUT2D eigenvalue weighted by molar-refractivity contribution is 6.05. The van der Waals surface area contributed by atoms with Crippen LogP contribution >= 0.6 is 0 Å². The summed E-state index contributed by atoms with van der Waals surface area (Å²) in [7, 11) is 1.76. The Labute approximate surface area is 110 Å². The Morgan fingerprint density at radius 2 is 2.26 bits per heavy atom. The van der Waals surface area contributed by atoms with Gasteiger partial charge < -0.3 is 11.1 Å². The minimum absolute atomic E-state index is 0.299. The van der Waals surface area contributed by atoms with Crippen molar-refractivity contribution in [2.45, 2.75) is 6.92 Å². The summed E-state index contributed by atoms with van der Waals surface area (Å²) < 4.78 is 1.61. The van der Waals surface area contributed by atoms with E-state index in [2.05, 4.69) is 10.4 Å². The van der Waals surface area contributed by atoms with Crippen LogP contribution in [0.15, 0.2) is 24.4 Å². The van der Waals surface area contributed by atoms with Crippen molar-refractivity contribution >= 4 is 17.3 Å². The number of carbonyl (C=O) groups excluding carboxylic acids is 1. The van der Waals surface area contributed by atoms with E-state index in [1.165, 1.54) is 12.3 Å². The van der Waals surface area contributed by atoms with E-state index in [1.54, 1.807) is 30.8 Å². The van der Waals surface area contributed by atoms with Gasteiger partial charge in [-0.25, -0.2) is 0 Å². The first-order chi connectivity index (χ1) is 9.02. The van der Waals surface area contributed by atoms with Gasteiger partial charge >= 0.3 is 0 Å². The fourth-order valence-electron chi connectivity index (χ4n) is 1.67. The molecule has 0 aliphatic rings. The van der Waals surface area contributed by atoms with Crippen molar-refractivity contribution in [3.63, 3.8) is 0 Å². The van der Waals surface area contributed by atoms with Gasteiger partial charge in [0.2, 0.25) is 0 Å². The number of amides is 1.